The first kappa shape index (κ1) is 2.81. The number of aromatic hydroxyl groups is 1. The minimum absolute atomic E-state index is 0.213. The molecular weight excluding hydrogens is 136 g/mol. The highest BCUT2D eigenvalue weighted by Crippen LogP contribution is 2.23. The van der Waals surface area contributed by atoms with Crippen molar-refractivity contribution >= 4 is 0 Å². The van der Waals surface area contributed by atoms with Crippen molar-refractivity contribution in [2.75, 3.05) is 0 Å². The molecule has 0 spiro atoms. The summed E-state index contributed by atoms with van der Waals surface area (Å²) in [6, 6.07) is -2.28. The van der Waals surface area contributed by atoms with Crippen LogP contribution in [0.25, 0.3) is 0 Å². The maximum atomic E-state index is 9.41. The van der Waals surface area contributed by atoms with E-state index in [0.29, 0.717) is 0 Å². The lowest BCUT2D eigenvalue weighted by molar-refractivity contribution is 0.474. The summed E-state index contributed by atoms with van der Waals surface area (Å²) in [5.74, 6) is -0.768. The standard InChI is InChI=1S/C10H14O/c1-10(2,3)8-4-6-9(11)7-5-8/h4-7,11H,1-3H3/i1D3,4D,5D,6D,7D. The second-order valence-corrected chi connectivity index (χ2v) is 2.85. The van der Waals surface area contributed by atoms with E-state index < -0.39 is 42.2 Å². The molecule has 0 fully saturated rings. The summed E-state index contributed by atoms with van der Waals surface area (Å²) >= 11 is 0. The summed E-state index contributed by atoms with van der Waals surface area (Å²) in [7, 11) is 0. The van der Waals surface area contributed by atoms with Crippen molar-refractivity contribution < 1.29 is 14.7 Å². The van der Waals surface area contributed by atoms with Gasteiger partial charge >= 0.3 is 0 Å². The Bertz CT molecular complexity index is 461. The van der Waals surface area contributed by atoms with Gasteiger partial charge in [0.05, 0.1) is 5.48 Å². The molecule has 0 radical (unpaired) electrons. The first-order valence-corrected chi connectivity index (χ1v) is 3.22. The Balaban J connectivity index is 3.72. The van der Waals surface area contributed by atoms with Crippen molar-refractivity contribution in [3.8, 4) is 5.75 Å². The van der Waals surface area contributed by atoms with Gasteiger partial charge in [0.2, 0.25) is 0 Å². The van der Waals surface area contributed by atoms with Crippen molar-refractivity contribution in [1.29, 1.82) is 0 Å². The van der Waals surface area contributed by atoms with Crippen LogP contribution in [0.15, 0.2) is 24.2 Å². The third-order valence-corrected chi connectivity index (χ3v) is 1.24. The molecule has 0 aromatic heterocycles. The Hall–Kier alpha value is -0.980. The third kappa shape index (κ3) is 1.97. The van der Waals surface area contributed by atoms with Gasteiger partial charge in [-0.1, -0.05) is 32.8 Å². The van der Waals surface area contributed by atoms with Gasteiger partial charge in [0.1, 0.15) is 5.75 Å². The van der Waals surface area contributed by atoms with Gasteiger partial charge in [-0.3, -0.25) is 0 Å². The van der Waals surface area contributed by atoms with Crippen LogP contribution in [0.4, 0.5) is 0 Å². The van der Waals surface area contributed by atoms with Crippen molar-refractivity contribution in [3.63, 3.8) is 0 Å². The number of benzene rings is 1. The fourth-order valence-corrected chi connectivity index (χ4v) is 0.618. The zero-order valence-corrected chi connectivity index (χ0v) is 6.45. The van der Waals surface area contributed by atoms with E-state index >= 15 is 0 Å². The summed E-state index contributed by atoms with van der Waals surface area (Å²) in [5, 5.41) is 9.41. The SMILES string of the molecule is [2H]c1c([2H])c(C(C)(C)C([2H])([2H])[2H])c([2H])c([2H])c1O. The summed E-state index contributed by atoms with van der Waals surface area (Å²) in [6.45, 7) is 0.192. The van der Waals surface area contributed by atoms with Crippen LogP contribution in [-0.2, 0) is 5.41 Å². The van der Waals surface area contributed by atoms with Gasteiger partial charge in [0, 0.05) is 4.11 Å². The molecule has 1 heteroatoms. The molecule has 1 rings (SSSR count). The second kappa shape index (κ2) is 2.57. The molecule has 0 aliphatic carbocycles. The predicted octanol–water partition coefficient (Wildman–Crippen LogP) is 2.69. The number of phenolic OH excluding ortho intramolecular Hbond substituents is 1. The van der Waals surface area contributed by atoms with Gasteiger partial charge < -0.3 is 5.11 Å². The summed E-state index contributed by atoms with van der Waals surface area (Å²) in [6.07, 6.45) is 0. The van der Waals surface area contributed by atoms with Crippen LogP contribution in [0.2, 0.25) is 0 Å². The lowest BCUT2D eigenvalue weighted by Crippen LogP contribution is -2.10. The first-order chi connectivity index (χ1) is 7.93. The van der Waals surface area contributed by atoms with Crippen LogP contribution in [0, 0.1) is 0 Å². The zero-order chi connectivity index (χ0) is 14.5. The Morgan fingerprint density at radius 1 is 1.36 bits per heavy atom. The molecule has 0 saturated carbocycles. The minimum atomic E-state index is -2.48. The highest BCUT2D eigenvalue weighted by molar-refractivity contribution is 5.29. The summed E-state index contributed by atoms with van der Waals surface area (Å²) in [4.78, 5) is 0. The number of rotatable bonds is 0. The van der Waals surface area contributed by atoms with E-state index in [1.807, 2.05) is 0 Å². The molecule has 1 N–H and O–H groups in total. The molecule has 0 amide bonds. The molecule has 1 aromatic rings. The van der Waals surface area contributed by atoms with Gasteiger partial charge in [-0.15, -0.1) is 0 Å². The lowest BCUT2D eigenvalue weighted by Gasteiger charge is -2.18. The predicted molar refractivity (Wildman–Crippen MR) is 46.8 cm³/mol. The van der Waals surface area contributed by atoms with Crippen LogP contribution < -0.4 is 0 Å². The van der Waals surface area contributed by atoms with E-state index in [-0.39, 0.29) is 5.56 Å². The van der Waals surface area contributed by atoms with Crippen molar-refractivity contribution in [1.82, 2.24) is 0 Å². The largest absolute Gasteiger partial charge is 0.508 e. The quantitative estimate of drug-likeness (QED) is 0.614. The maximum Gasteiger partial charge on any atom is 0.115 e. The summed E-state index contributed by atoms with van der Waals surface area (Å²) in [5.41, 5.74) is -1.75. The van der Waals surface area contributed by atoms with Gasteiger partial charge in [-0.2, -0.15) is 0 Å². The zero-order valence-electron chi connectivity index (χ0n) is 13.4. The van der Waals surface area contributed by atoms with Crippen molar-refractivity contribution in [2.24, 2.45) is 0 Å². The topological polar surface area (TPSA) is 20.2 Å². The smallest absolute Gasteiger partial charge is 0.115 e. The van der Waals surface area contributed by atoms with Crippen LogP contribution in [-0.4, -0.2) is 5.11 Å². The Labute approximate surface area is 77.5 Å². The van der Waals surface area contributed by atoms with E-state index in [0.717, 1.165) is 0 Å². The Morgan fingerprint density at radius 2 is 1.91 bits per heavy atom. The van der Waals surface area contributed by atoms with Gasteiger partial charge in [-0.05, 0) is 23.1 Å². The van der Waals surface area contributed by atoms with Crippen LogP contribution in [0.5, 0.6) is 5.75 Å². The van der Waals surface area contributed by atoms with Crippen molar-refractivity contribution in [2.45, 2.75) is 26.1 Å². The molecule has 60 valence electrons. The molecule has 0 unspecified atom stereocenters. The number of phenols is 1. The monoisotopic (exact) mass is 157 g/mol. The molecule has 0 saturated heterocycles. The molecule has 1 nitrogen and oxygen atoms in total. The highest BCUT2D eigenvalue weighted by Gasteiger charge is 2.12. The van der Waals surface area contributed by atoms with Crippen LogP contribution in [0.3, 0.4) is 0 Å². The van der Waals surface area contributed by atoms with Gasteiger partial charge in [0.25, 0.3) is 0 Å². The number of hydrogen-bond donors (Lipinski definition) is 1. The van der Waals surface area contributed by atoms with E-state index in [1.165, 1.54) is 13.8 Å². The Kier molecular flexibility index (Phi) is 0.658. The minimum Gasteiger partial charge on any atom is -0.508 e. The molecular formula is C10H14O. The molecule has 1 aromatic carbocycles. The second-order valence-electron chi connectivity index (χ2n) is 2.85. The van der Waals surface area contributed by atoms with E-state index in [9.17, 15) is 5.11 Å². The first-order valence-electron chi connectivity index (χ1n) is 6.72. The molecule has 11 heavy (non-hydrogen) atoms. The van der Waals surface area contributed by atoms with Gasteiger partial charge in [0.15, 0.2) is 0 Å². The van der Waals surface area contributed by atoms with Crippen LogP contribution in [0.1, 0.15) is 35.9 Å². The summed E-state index contributed by atoms with van der Waals surface area (Å²) < 4.78 is 52.7. The molecule has 0 heterocycles. The number of hydrogen-bond acceptors (Lipinski definition) is 1. The molecule has 0 aliphatic heterocycles. The average molecular weight is 157 g/mol. The normalized spacial score (nSPS) is 21.8. The average Bonchev–Trinajstić information content (AvgIpc) is 2.22. The maximum absolute atomic E-state index is 9.41. The van der Waals surface area contributed by atoms with E-state index in [4.69, 9.17) is 9.60 Å². The van der Waals surface area contributed by atoms with Crippen LogP contribution >= 0.6 is 0 Å². The highest BCUT2D eigenvalue weighted by atomic mass is 16.3. The van der Waals surface area contributed by atoms with E-state index in [1.54, 1.807) is 0 Å². The van der Waals surface area contributed by atoms with E-state index in [2.05, 4.69) is 0 Å². The Morgan fingerprint density at radius 3 is 2.36 bits per heavy atom. The van der Waals surface area contributed by atoms with Crippen molar-refractivity contribution in [3.05, 3.63) is 29.7 Å². The molecule has 0 bridgehead atoms. The lowest BCUT2D eigenvalue weighted by atomic mass is 9.87. The third-order valence-electron chi connectivity index (χ3n) is 1.24. The molecule has 0 atom stereocenters. The fraction of sp³-hybridized carbons (Fsp3) is 0.400. The van der Waals surface area contributed by atoms with Gasteiger partial charge in [-0.25, -0.2) is 0 Å². The molecule has 0 aliphatic rings. The fourth-order valence-electron chi connectivity index (χ4n) is 0.618.